The first-order chi connectivity index (χ1) is 13.5. The van der Waals surface area contributed by atoms with E-state index in [0.717, 1.165) is 0 Å². The third-order valence-electron chi connectivity index (χ3n) is 4.47. The predicted octanol–water partition coefficient (Wildman–Crippen LogP) is 0.670. The van der Waals surface area contributed by atoms with Crippen LogP contribution < -0.4 is 10.6 Å². The average Bonchev–Trinajstić information content (AvgIpc) is 3.11. The summed E-state index contributed by atoms with van der Waals surface area (Å²) in [5, 5.41) is 13.1. The van der Waals surface area contributed by atoms with Gasteiger partial charge in [-0.3, -0.25) is 14.9 Å². The van der Waals surface area contributed by atoms with E-state index in [-0.39, 0.29) is 24.3 Å². The number of thioether (sulfide) groups is 1. The Hall–Kier alpha value is -3.08. The highest BCUT2D eigenvalue weighted by atomic mass is 32.2. The monoisotopic (exact) mass is 400 g/mol. The number of amidine groups is 1. The van der Waals surface area contributed by atoms with Gasteiger partial charge in [-0.1, -0.05) is 30.0 Å². The normalized spacial score (nSPS) is 26.3. The average molecular weight is 400 g/mol. The second kappa shape index (κ2) is 7.50. The molecule has 0 radical (unpaired) electrons. The highest BCUT2D eigenvalue weighted by molar-refractivity contribution is 7.99. The lowest BCUT2D eigenvalue weighted by atomic mass is 9.95. The van der Waals surface area contributed by atoms with Crippen molar-refractivity contribution in [1.29, 1.82) is 0 Å². The summed E-state index contributed by atoms with van der Waals surface area (Å²) < 4.78 is 5.57. The first kappa shape index (κ1) is 18.3. The first-order valence-electron chi connectivity index (χ1n) is 8.61. The van der Waals surface area contributed by atoms with Gasteiger partial charge in [-0.25, -0.2) is 9.79 Å². The number of nitrogens with zero attached hydrogens (tertiary/aromatic N) is 4. The van der Waals surface area contributed by atoms with Crippen LogP contribution in [0.15, 0.2) is 43.9 Å². The largest absolute Gasteiger partial charge is 0.416 e. The van der Waals surface area contributed by atoms with Crippen molar-refractivity contribution in [3.63, 3.8) is 0 Å². The molecule has 28 heavy (non-hydrogen) atoms. The molecule has 0 spiro atoms. The zero-order chi connectivity index (χ0) is 19.7. The molecule has 2 aliphatic heterocycles. The molecular formula is C17H16N6O4S. The molecule has 10 nitrogen and oxygen atoms in total. The van der Waals surface area contributed by atoms with Gasteiger partial charge in [0.15, 0.2) is 0 Å². The van der Waals surface area contributed by atoms with E-state index >= 15 is 0 Å². The van der Waals surface area contributed by atoms with Crippen molar-refractivity contribution in [2.45, 2.75) is 24.6 Å². The fourth-order valence-electron chi connectivity index (χ4n) is 3.02. The number of carbonyl (C=O) groups excluding carboxylic acids is 3. The summed E-state index contributed by atoms with van der Waals surface area (Å²) in [7, 11) is 0. The molecule has 4 amide bonds. The smallest absolute Gasteiger partial charge is 0.321 e. The predicted molar refractivity (Wildman–Crippen MR) is 100.0 cm³/mol. The molecule has 2 N–H and O–H groups in total. The Kier molecular flexibility index (Phi) is 4.90. The number of hydrogen-bond acceptors (Lipinski definition) is 8. The van der Waals surface area contributed by atoms with E-state index in [1.165, 1.54) is 11.8 Å². The van der Waals surface area contributed by atoms with Gasteiger partial charge in [0, 0.05) is 12.5 Å². The van der Waals surface area contributed by atoms with Gasteiger partial charge in [-0.2, -0.15) is 4.99 Å². The van der Waals surface area contributed by atoms with E-state index in [1.807, 2.05) is 6.08 Å². The van der Waals surface area contributed by atoms with Crippen LogP contribution in [-0.4, -0.2) is 51.4 Å². The second-order valence-electron chi connectivity index (χ2n) is 6.44. The molecule has 1 saturated heterocycles. The lowest BCUT2D eigenvalue weighted by molar-refractivity contribution is -0.125. The summed E-state index contributed by atoms with van der Waals surface area (Å²) in [4.78, 5) is 43.7. The number of hydrogen-bond donors (Lipinski definition) is 2. The minimum Gasteiger partial charge on any atom is -0.416 e. The van der Waals surface area contributed by atoms with Gasteiger partial charge in [0.25, 0.3) is 11.1 Å². The molecule has 0 aromatic carbocycles. The summed E-state index contributed by atoms with van der Waals surface area (Å²) >= 11 is 1.21. The Bertz CT molecular complexity index is 963. The summed E-state index contributed by atoms with van der Waals surface area (Å²) in [5.74, 6) is -0.533. The maximum Gasteiger partial charge on any atom is 0.321 e. The number of carbonyl (C=O) groups is 3. The third kappa shape index (κ3) is 3.79. The highest BCUT2D eigenvalue weighted by Gasteiger charge is 2.34. The fraction of sp³-hybridized carbons (Fsp3) is 0.353. The minimum absolute atomic E-state index is 0.210. The van der Waals surface area contributed by atoms with E-state index in [1.54, 1.807) is 25.2 Å². The molecule has 1 fully saturated rings. The lowest BCUT2D eigenvalue weighted by Gasteiger charge is -2.27. The van der Waals surface area contributed by atoms with E-state index < -0.39 is 17.9 Å². The Morgan fingerprint density at radius 1 is 1.18 bits per heavy atom. The minimum atomic E-state index is -0.509. The van der Waals surface area contributed by atoms with Crippen LogP contribution in [0.3, 0.4) is 0 Å². The maximum atomic E-state index is 12.1. The summed E-state index contributed by atoms with van der Waals surface area (Å²) in [5.41, 5.74) is 0.670. The van der Waals surface area contributed by atoms with Crippen molar-refractivity contribution in [3.8, 4) is 0 Å². The molecule has 3 atom stereocenters. The fourth-order valence-corrected chi connectivity index (χ4v) is 3.66. The Labute approximate surface area is 163 Å². The number of nitrogens with one attached hydrogen (secondary N) is 2. The van der Waals surface area contributed by atoms with Gasteiger partial charge in [-0.15, -0.1) is 10.2 Å². The van der Waals surface area contributed by atoms with Gasteiger partial charge in [0.2, 0.25) is 11.8 Å². The molecular weight excluding hydrogens is 384 g/mol. The zero-order valence-electron chi connectivity index (χ0n) is 14.8. The number of allylic oxidation sites excluding steroid dienone is 3. The Morgan fingerprint density at radius 2 is 2.04 bits per heavy atom. The number of imide groups is 1. The van der Waals surface area contributed by atoms with Crippen molar-refractivity contribution in [3.05, 3.63) is 30.2 Å². The van der Waals surface area contributed by atoms with Gasteiger partial charge in [-0.05, 0) is 13.0 Å². The number of rotatable bonds is 5. The van der Waals surface area contributed by atoms with Crippen LogP contribution >= 0.6 is 11.8 Å². The van der Waals surface area contributed by atoms with Gasteiger partial charge < -0.3 is 9.73 Å². The number of aliphatic imine (C=N–C) groups is 2. The third-order valence-corrected chi connectivity index (χ3v) is 5.28. The molecule has 4 rings (SSSR count). The molecule has 1 aromatic heterocycles. The molecule has 0 saturated carbocycles. The first-order valence-corrected chi connectivity index (χ1v) is 9.59. The lowest BCUT2D eigenvalue weighted by Crippen LogP contribution is -2.57. The standard InChI is InChI=1S/C17H16N6O4S/c1-8-10(15(25)21-16(26)18-8)6-13-22-23-17(27-13)28-7-12-19-11-5-3-2-4-9(11)14(24)20-12/h2-5,8-10H,6-7H2,1H3,(H2,18,21,25,26). The van der Waals surface area contributed by atoms with Crippen molar-refractivity contribution < 1.29 is 18.8 Å². The molecule has 1 aromatic rings. The zero-order valence-corrected chi connectivity index (χ0v) is 15.6. The molecule has 0 bridgehead atoms. The number of urea groups is 1. The molecule has 3 aliphatic rings. The van der Waals surface area contributed by atoms with E-state index in [2.05, 4.69) is 30.8 Å². The Morgan fingerprint density at radius 3 is 2.86 bits per heavy atom. The second-order valence-corrected chi connectivity index (χ2v) is 7.36. The SMILES string of the molecule is CC1NC(=O)NC(=O)C1Cc1nnc(SCC2=NC(=O)C3C=CC=CC3=N2)o1. The van der Waals surface area contributed by atoms with Gasteiger partial charge in [0.1, 0.15) is 11.8 Å². The summed E-state index contributed by atoms with van der Waals surface area (Å²) in [6.07, 6.45) is 7.40. The maximum absolute atomic E-state index is 12.1. The van der Waals surface area contributed by atoms with Crippen LogP contribution in [0.4, 0.5) is 4.79 Å². The summed E-state index contributed by atoms with van der Waals surface area (Å²) in [6, 6.07) is -0.848. The van der Waals surface area contributed by atoms with Crippen LogP contribution in [0.1, 0.15) is 12.8 Å². The van der Waals surface area contributed by atoms with E-state index in [4.69, 9.17) is 4.42 Å². The van der Waals surface area contributed by atoms with Crippen LogP contribution in [-0.2, 0) is 16.0 Å². The number of fused-ring (bicyclic) bond motifs is 1. The number of aromatic nitrogens is 2. The molecule has 144 valence electrons. The van der Waals surface area contributed by atoms with Crippen molar-refractivity contribution in [2.75, 3.05) is 5.75 Å². The van der Waals surface area contributed by atoms with Crippen LogP contribution in [0.2, 0.25) is 0 Å². The van der Waals surface area contributed by atoms with Crippen LogP contribution in [0.5, 0.6) is 0 Å². The Balaban J connectivity index is 1.37. The molecule has 1 aliphatic carbocycles. The quantitative estimate of drug-likeness (QED) is 0.693. The number of amides is 4. The van der Waals surface area contributed by atoms with Crippen molar-refractivity contribution >= 4 is 41.2 Å². The van der Waals surface area contributed by atoms with Crippen molar-refractivity contribution in [2.24, 2.45) is 21.8 Å². The molecule has 11 heteroatoms. The van der Waals surface area contributed by atoms with Gasteiger partial charge >= 0.3 is 6.03 Å². The summed E-state index contributed by atoms with van der Waals surface area (Å²) in [6.45, 7) is 1.74. The van der Waals surface area contributed by atoms with E-state index in [0.29, 0.717) is 28.4 Å². The van der Waals surface area contributed by atoms with E-state index in [9.17, 15) is 14.4 Å². The molecule has 3 unspecified atom stereocenters. The van der Waals surface area contributed by atoms with Gasteiger partial charge in [0.05, 0.1) is 17.4 Å². The van der Waals surface area contributed by atoms with Crippen LogP contribution in [0, 0.1) is 11.8 Å². The molecule has 3 heterocycles. The topological polar surface area (TPSA) is 139 Å². The van der Waals surface area contributed by atoms with Crippen LogP contribution in [0.25, 0.3) is 0 Å². The highest BCUT2D eigenvalue weighted by Crippen LogP contribution is 2.22. The van der Waals surface area contributed by atoms with Crippen molar-refractivity contribution in [1.82, 2.24) is 20.8 Å².